The third kappa shape index (κ3) is 3.57. The van der Waals surface area contributed by atoms with Crippen molar-refractivity contribution in [2.24, 2.45) is 0 Å². The Labute approximate surface area is 124 Å². The normalized spacial score (nSPS) is 12.4. The van der Waals surface area contributed by atoms with E-state index in [4.69, 9.17) is 0 Å². The van der Waals surface area contributed by atoms with Crippen molar-refractivity contribution >= 4 is 27.7 Å². The molecule has 0 aromatic heterocycles. The zero-order valence-electron chi connectivity index (χ0n) is 10.4. The largest absolute Gasteiger partial charge is 0.207 e. The molecule has 0 radical (unpaired) electrons. The maximum absolute atomic E-state index is 13.6. The van der Waals surface area contributed by atoms with Gasteiger partial charge in [-0.3, -0.25) is 0 Å². The van der Waals surface area contributed by atoms with Crippen LogP contribution in [-0.2, 0) is 6.42 Å². The van der Waals surface area contributed by atoms with Gasteiger partial charge in [0.15, 0.2) is 0 Å². The molecule has 0 spiro atoms. The molecule has 0 bridgehead atoms. The van der Waals surface area contributed by atoms with Gasteiger partial charge in [-0.15, -0.1) is 11.8 Å². The van der Waals surface area contributed by atoms with E-state index < -0.39 is 11.6 Å². The van der Waals surface area contributed by atoms with Crippen LogP contribution >= 0.6 is 27.7 Å². The summed E-state index contributed by atoms with van der Waals surface area (Å²) >= 11 is 5.16. The van der Waals surface area contributed by atoms with Crippen molar-refractivity contribution in [1.82, 2.24) is 0 Å². The van der Waals surface area contributed by atoms with Crippen molar-refractivity contribution in [3.63, 3.8) is 0 Å². The van der Waals surface area contributed by atoms with Crippen molar-refractivity contribution in [1.29, 1.82) is 0 Å². The van der Waals surface area contributed by atoms with Crippen LogP contribution in [0.2, 0.25) is 0 Å². The summed E-state index contributed by atoms with van der Waals surface area (Å²) in [6, 6.07) is 11.9. The van der Waals surface area contributed by atoms with Gasteiger partial charge in [-0.25, -0.2) is 8.78 Å². The SMILES string of the molecule is CSc1ccc(C(Br)Cc2c(F)cccc2F)cc1. The van der Waals surface area contributed by atoms with E-state index in [1.807, 2.05) is 30.5 Å². The molecule has 2 aromatic carbocycles. The Morgan fingerprint density at radius 2 is 1.63 bits per heavy atom. The minimum absolute atomic E-state index is 0.102. The first kappa shape index (κ1) is 14.5. The molecule has 2 aromatic rings. The lowest BCUT2D eigenvalue weighted by atomic mass is 10.0. The van der Waals surface area contributed by atoms with E-state index in [0.29, 0.717) is 0 Å². The van der Waals surface area contributed by atoms with Gasteiger partial charge in [0.2, 0.25) is 0 Å². The molecular weight excluding hydrogens is 330 g/mol. The van der Waals surface area contributed by atoms with E-state index >= 15 is 0 Å². The molecule has 0 N–H and O–H groups in total. The molecule has 4 heteroatoms. The summed E-state index contributed by atoms with van der Waals surface area (Å²) in [5.41, 5.74) is 1.14. The van der Waals surface area contributed by atoms with E-state index in [-0.39, 0.29) is 16.8 Å². The van der Waals surface area contributed by atoms with Crippen LogP contribution in [0.1, 0.15) is 16.0 Å². The molecule has 0 aliphatic heterocycles. The Morgan fingerprint density at radius 3 is 2.16 bits per heavy atom. The average Bonchev–Trinajstić information content (AvgIpc) is 2.43. The predicted octanol–water partition coefficient (Wildman–Crippen LogP) is 5.37. The molecule has 100 valence electrons. The lowest BCUT2D eigenvalue weighted by Gasteiger charge is -2.12. The molecule has 0 amide bonds. The van der Waals surface area contributed by atoms with Crippen molar-refractivity contribution in [2.45, 2.75) is 16.1 Å². The quantitative estimate of drug-likeness (QED) is 0.532. The molecule has 0 saturated heterocycles. The summed E-state index contributed by atoms with van der Waals surface area (Å²) in [7, 11) is 0. The van der Waals surface area contributed by atoms with Gasteiger partial charge in [0.25, 0.3) is 0 Å². The maximum atomic E-state index is 13.6. The lowest BCUT2D eigenvalue weighted by Crippen LogP contribution is -2.01. The highest BCUT2D eigenvalue weighted by Gasteiger charge is 2.15. The Kier molecular flexibility index (Phi) is 4.99. The third-order valence-corrected chi connectivity index (χ3v) is 4.52. The standard InChI is InChI=1S/C15H13BrF2S/c1-19-11-7-5-10(6-8-11)13(16)9-12-14(17)3-2-4-15(12)18/h2-8,13H,9H2,1H3. The molecule has 19 heavy (non-hydrogen) atoms. The van der Waals surface area contributed by atoms with E-state index in [0.717, 1.165) is 5.56 Å². The summed E-state index contributed by atoms with van der Waals surface area (Å²) in [6.07, 6.45) is 2.30. The Morgan fingerprint density at radius 1 is 1.05 bits per heavy atom. The van der Waals surface area contributed by atoms with Gasteiger partial charge in [0.1, 0.15) is 11.6 Å². The van der Waals surface area contributed by atoms with E-state index in [1.54, 1.807) is 11.8 Å². The van der Waals surface area contributed by atoms with Crippen LogP contribution in [0.15, 0.2) is 47.4 Å². The fourth-order valence-corrected chi connectivity index (χ4v) is 2.87. The van der Waals surface area contributed by atoms with Crippen LogP contribution in [-0.4, -0.2) is 6.26 Å². The Hall–Kier alpha value is -0.870. The molecular formula is C15H13BrF2S. The van der Waals surface area contributed by atoms with E-state index in [2.05, 4.69) is 15.9 Å². The molecule has 0 saturated carbocycles. The van der Waals surface area contributed by atoms with E-state index in [9.17, 15) is 8.78 Å². The third-order valence-electron chi connectivity index (χ3n) is 2.92. The second-order valence-corrected chi connectivity index (χ2v) is 6.13. The molecule has 0 aliphatic rings. The molecule has 1 unspecified atom stereocenters. The molecule has 0 heterocycles. The van der Waals surface area contributed by atoms with Crippen LogP contribution < -0.4 is 0 Å². The van der Waals surface area contributed by atoms with Gasteiger partial charge in [-0.05, 0) is 42.5 Å². The first-order valence-corrected chi connectivity index (χ1v) is 7.96. The van der Waals surface area contributed by atoms with Gasteiger partial charge in [0.05, 0.1) is 0 Å². The van der Waals surface area contributed by atoms with Gasteiger partial charge >= 0.3 is 0 Å². The second kappa shape index (κ2) is 6.53. The minimum Gasteiger partial charge on any atom is -0.207 e. The minimum atomic E-state index is -0.495. The van der Waals surface area contributed by atoms with Crippen LogP contribution in [0.5, 0.6) is 0 Å². The summed E-state index contributed by atoms with van der Waals surface area (Å²) in [4.78, 5) is 1.07. The second-order valence-electron chi connectivity index (χ2n) is 4.15. The number of halogens is 3. The van der Waals surface area contributed by atoms with Crippen LogP contribution in [0.25, 0.3) is 0 Å². The van der Waals surface area contributed by atoms with Gasteiger partial charge in [0, 0.05) is 15.3 Å². The number of hydrogen-bond donors (Lipinski definition) is 0. The summed E-state index contributed by atoms with van der Waals surface area (Å²) in [5, 5.41) is 0. The van der Waals surface area contributed by atoms with Crippen molar-refractivity contribution in [2.75, 3.05) is 6.26 Å². The number of hydrogen-bond acceptors (Lipinski definition) is 1. The van der Waals surface area contributed by atoms with E-state index in [1.165, 1.54) is 23.1 Å². The zero-order chi connectivity index (χ0) is 13.8. The zero-order valence-corrected chi connectivity index (χ0v) is 12.8. The fourth-order valence-electron chi connectivity index (χ4n) is 1.84. The lowest BCUT2D eigenvalue weighted by molar-refractivity contribution is 0.554. The van der Waals surface area contributed by atoms with Gasteiger partial charge < -0.3 is 0 Å². The molecule has 2 rings (SSSR count). The highest BCUT2D eigenvalue weighted by Crippen LogP contribution is 2.30. The number of benzene rings is 2. The first-order valence-electron chi connectivity index (χ1n) is 5.82. The number of rotatable bonds is 4. The van der Waals surface area contributed by atoms with Gasteiger partial charge in [-0.2, -0.15) is 0 Å². The number of alkyl halides is 1. The van der Waals surface area contributed by atoms with Crippen LogP contribution in [0.4, 0.5) is 8.78 Å². The predicted molar refractivity (Wildman–Crippen MR) is 80.0 cm³/mol. The highest BCUT2D eigenvalue weighted by atomic mass is 79.9. The summed E-state index contributed by atoms with van der Waals surface area (Å²) in [5.74, 6) is -0.990. The average molecular weight is 343 g/mol. The van der Waals surface area contributed by atoms with Crippen molar-refractivity contribution in [3.05, 3.63) is 65.2 Å². The fraction of sp³-hybridized carbons (Fsp3) is 0.200. The molecule has 0 nitrogen and oxygen atoms in total. The van der Waals surface area contributed by atoms with Gasteiger partial charge in [-0.1, -0.05) is 34.1 Å². The highest BCUT2D eigenvalue weighted by molar-refractivity contribution is 9.09. The monoisotopic (exact) mass is 342 g/mol. The van der Waals surface area contributed by atoms with Crippen LogP contribution in [0, 0.1) is 11.6 Å². The van der Waals surface area contributed by atoms with Crippen molar-refractivity contribution in [3.8, 4) is 0 Å². The maximum Gasteiger partial charge on any atom is 0.129 e. The molecule has 0 aliphatic carbocycles. The Bertz CT molecular complexity index is 534. The van der Waals surface area contributed by atoms with Crippen LogP contribution in [0.3, 0.4) is 0 Å². The van der Waals surface area contributed by atoms with Crippen molar-refractivity contribution < 1.29 is 8.78 Å². The summed E-state index contributed by atoms with van der Waals surface area (Å²) in [6.45, 7) is 0. The smallest absolute Gasteiger partial charge is 0.129 e. The Balaban J connectivity index is 2.18. The summed E-state index contributed by atoms with van der Waals surface area (Å²) < 4.78 is 27.2. The topological polar surface area (TPSA) is 0 Å². The first-order chi connectivity index (χ1) is 9.11. The molecule has 1 atom stereocenters. The number of thioether (sulfide) groups is 1. The molecule has 0 fully saturated rings.